The molecule has 1 heterocycles. The van der Waals surface area contributed by atoms with Crippen molar-refractivity contribution in [1.29, 1.82) is 0 Å². The van der Waals surface area contributed by atoms with Crippen LogP contribution in [-0.4, -0.2) is 67.3 Å². The summed E-state index contributed by atoms with van der Waals surface area (Å²) in [6.07, 6.45) is 0. The minimum atomic E-state index is -0.114. The molecule has 2 aromatic carbocycles. The molecule has 168 valence electrons. The number of nitrogens with zero attached hydrogens (tertiary/aromatic N) is 2. The van der Waals surface area contributed by atoms with Crippen LogP contribution in [0.2, 0.25) is 0 Å². The summed E-state index contributed by atoms with van der Waals surface area (Å²) >= 11 is 0. The van der Waals surface area contributed by atoms with Crippen molar-refractivity contribution >= 4 is 21.7 Å². The molecule has 0 radical (unpaired) electrons. The Kier molecular flexibility index (Phi) is 8.32. The molecule has 0 spiro atoms. The van der Waals surface area contributed by atoms with Crippen LogP contribution >= 0.6 is 0 Å². The van der Waals surface area contributed by atoms with Gasteiger partial charge in [-0.1, -0.05) is 27.7 Å². The van der Waals surface area contributed by atoms with E-state index >= 15 is 0 Å². The van der Waals surface area contributed by atoms with Gasteiger partial charge in [-0.25, -0.2) is 0 Å². The summed E-state index contributed by atoms with van der Waals surface area (Å²) in [4.78, 5) is 20.4. The Morgan fingerprint density at radius 3 is 1.77 bits per heavy atom. The molecule has 31 heavy (non-hydrogen) atoms. The normalized spacial score (nSPS) is 11.7. The molecule has 0 unspecified atom stereocenters. The molecule has 0 aliphatic carbocycles. The predicted octanol–water partition coefficient (Wildman–Crippen LogP) is 4.12. The van der Waals surface area contributed by atoms with E-state index in [4.69, 9.17) is 9.47 Å². The number of hydrogen-bond donors (Lipinski definition) is 1. The number of H-pyrrole nitrogens is 1. The van der Waals surface area contributed by atoms with Gasteiger partial charge in [-0.15, -0.1) is 0 Å². The van der Waals surface area contributed by atoms with Crippen LogP contribution in [0.5, 0.6) is 11.5 Å². The largest absolute Gasteiger partial charge is 0.492 e. The lowest BCUT2D eigenvalue weighted by atomic mass is 10.1. The van der Waals surface area contributed by atoms with Gasteiger partial charge in [0.05, 0.1) is 10.9 Å². The number of hydrogen-bond acceptors (Lipinski definition) is 5. The van der Waals surface area contributed by atoms with Crippen molar-refractivity contribution in [3.8, 4) is 11.5 Å². The van der Waals surface area contributed by atoms with Gasteiger partial charge in [-0.3, -0.25) is 4.79 Å². The molecular weight excluding hydrogens is 390 g/mol. The lowest BCUT2D eigenvalue weighted by Gasteiger charge is -2.18. The van der Waals surface area contributed by atoms with Gasteiger partial charge in [0.1, 0.15) is 24.7 Å². The molecule has 6 nitrogen and oxygen atoms in total. The van der Waals surface area contributed by atoms with Crippen molar-refractivity contribution in [3.05, 3.63) is 46.8 Å². The summed E-state index contributed by atoms with van der Waals surface area (Å²) in [6, 6.07) is 11.6. The molecule has 3 rings (SSSR count). The molecule has 0 aliphatic heterocycles. The number of aromatic amines is 1. The van der Waals surface area contributed by atoms with Crippen LogP contribution in [0.15, 0.2) is 41.2 Å². The summed E-state index contributed by atoms with van der Waals surface area (Å²) in [5.74, 6) is 1.49. The van der Waals surface area contributed by atoms with E-state index in [9.17, 15) is 4.79 Å². The van der Waals surface area contributed by atoms with Crippen LogP contribution in [0.25, 0.3) is 21.7 Å². The van der Waals surface area contributed by atoms with Gasteiger partial charge < -0.3 is 24.3 Å². The molecular formula is C25H35N3O3. The zero-order valence-corrected chi connectivity index (χ0v) is 19.2. The lowest BCUT2D eigenvalue weighted by molar-refractivity contribution is 0.223. The first-order chi connectivity index (χ1) is 15.1. The van der Waals surface area contributed by atoms with Crippen LogP contribution in [0.3, 0.4) is 0 Å². The minimum absolute atomic E-state index is 0.114. The minimum Gasteiger partial charge on any atom is -0.492 e. The zero-order chi connectivity index (χ0) is 22.2. The molecule has 0 bridgehead atoms. The highest BCUT2D eigenvalue weighted by Gasteiger charge is 2.09. The Hall–Kier alpha value is -2.57. The summed E-state index contributed by atoms with van der Waals surface area (Å²) in [5, 5.41) is 2.56. The van der Waals surface area contributed by atoms with E-state index in [1.54, 1.807) is 0 Å². The van der Waals surface area contributed by atoms with E-state index in [2.05, 4.69) is 42.5 Å². The monoisotopic (exact) mass is 425 g/mol. The quantitative estimate of drug-likeness (QED) is 0.442. The Labute approximate surface area is 184 Å². The second kappa shape index (κ2) is 11.2. The fourth-order valence-electron chi connectivity index (χ4n) is 3.84. The highest BCUT2D eigenvalue weighted by molar-refractivity contribution is 6.05. The van der Waals surface area contributed by atoms with Gasteiger partial charge in [0.25, 0.3) is 5.56 Å². The first kappa shape index (κ1) is 23.1. The molecule has 0 aliphatic rings. The van der Waals surface area contributed by atoms with E-state index in [0.29, 0.717) is 18.6 Å². The van der Waals surface area contributed by atoms with Crippen LogP contribution in [0.1, 0.15) is 27.7 Å². The van der Waals surface area contributed by atoms with E-state index in [0.717, 1.165) is 67.1 Å². The average Bonchev–Trinajstić information content (AvgIpc) is 2.79. The van der Waals surface area contributed by atoms with Gasteiger partial charge in [0.15, 0.2) is 0 Å². The second-order valence-corrected chi connectivity index (χ2v) is 7.62. The summed E-state index contributed by atoms with van der Waals surface area (Å²) < 4.78 is 11.8. The first-order valence-electron chi connectivity index (χ1n) is 11.4. The number of aromatic nitrogens is 1. The molecule has 0 fully saturated rings. The molecule has 1 N–H and O–H groups in total. The topological polar surface area (TPSA) is 57.8 Å². The lowest BCUT2D eigenvalue weighted by Crippen LogP contribution is -2.27. The Morgan fingerprint density at radius 1 is 0.710 bits per heavy atom. The van der Waals surface area contributed by atoms with Gasteiger partial charge >= 0.3 is 0 Å². The summed E-state index contributed by atoms with van der Waals surface area (Å²) in [7, 11) is 0. The Morgan fingerprint density at radius 2 is 1.23 bits per heavy atom. The number of fused-ring (bicyclic) bond motifs is 3. The van der Waals surface area contributed by atoms with Crippen molar-refractivity contribution in [2.24, 2.45) is 0 Å². The standard InChI is InChI=1S/C25H35N3O3/c1-5-27(6-2)13-15-30-19-9-11-21-22-12-10-20(31-16-14-28(7-3)8-4)18-24(22)26-25(29)23(21)17-19/h9-12,17-18H,5-8,13-16H2,1-4H3,(H,26,29). The Balaban J connectivity index is 1.76. The van der Waals surface area contributed by atoms with Crippen molar-refractivity contribution in [1.82, 2.24) is 14.8 Å². The highest BCUT2D eigenvalue weighted by Crippen LogP contribution is 2.27. The third kappa shape index (κ3) is 5.77. The van der Waals surface area contributed by atoms with Crippen molar-refractivity contribution < 1.29 is 9.47 Å². The fourth-order valence-corrected chi connectivity index (χ4v) is 3.84. The van der Waals surface area contributed by atoms with Crippen molar-refractivity contribution in [2.75, 3.05) is 52.5 Å². The summed E-state index contributed by atoms with van der Waals surface area (Å²) in [5.41, 5.74) is 0.671. The van der Waals surface area contributed by atoms with E-state index < -0.39 is 0 Å². The molecule has 0 amide bonds. The number of rotatable bonds is 12. The Bertz CT molecular complexity index is 1040. The average molecular weight is 426 g/mol. The van der Waals surface area contributed by atoms with Gasteiger partial charge in [-0.05, 0) is 61.9 Å². The smallest absolute Gasteiger partial charge is 0.256 e. The number of pyridine rings is 1. The van der Waals surface area contributed by atoms with Crippen molar-refractivity contribution in [3.63, 3.8) is 0 Å². The zero-order valence-electron chi connectivity index (χ0n) is 19.2. The van der Waals surface area contributed by atoms with E-state index in [1.165, 1.54) is 0 Å². The number of benzene rings is 2. The number of ether oxygens (including phenoxy) is 2. The first-order valence-corrected chi connectivity index (χ1v) is 11.4. The molecule has 0 saturated carbocycles. The van der Waals surface area contributed by atoms with Crippen LogP contribution in [0.4, 0.5) is 0 Å². The van der Waals surface area contributed by atoms with E-state index in [1.807, 2.05) is 36.4 Å². The predicted molar refractivity (Wildman–Crippen MR) is 129 cm³/mol. The highest BCUT2D eigenvalue weighted by atomic mass is 16.5. The molecule has 1 aromatic heterocycles. The molecule has 3 aromatic rings. The molecule has 0 saturated heterocycles. The van der Waals surface area contributed by atoms with E-state index in [-0.39, 0.29) is 5.56 Å². The van der Waals surface area contributed by atoms with Crippen LogP contribution in [0, 0.1) is 0 Å². The van der Waals surface area contributed by atoms with Crippen molar-refractivity contribution in [2.45, 2.75) is 27.7 Å². The van der Waals surface area contributed by atoms with Crippen LogP contribution < -0.4 is 15.0 Å². The summed E-state index contributed by atoms with van der Waals surface area (Å²) in [6.45, 7) is 15.6. The third-order valence-electron chi connectivity index (χ3n) is 5.91. The van der Waals surface area contributed by atoms with Crippen LogP contribution in [-0.2, 0) is 0 Å². The molecule has 6 heteroatoms. The third-order valence-corrected chi connectivity index (χ3v) is 5.91. The van der Waals surface area contributed by atoms with Gasteiger partial charge in [0.2, 0.25) is 0 Å². The maximum absolute atomic E-state index is 12.7. The SMILES string of the molecule is CCN(CC)CCOc1ccc2c(c1)[nH]c(=O)c1cc(OCCN(CC)CC)ccc12. The van der Waals surface area contributed by atoms with Gasteiger partial charge in [-0.2, -0.15) is 0 Å². The van der Waals surface area contributed by atoms with Gasteiger partial charge in [0, 0.05) is 24.5 Å². The maximum Gasteiger partial charge on any atom is 0.256 e. The maximum atomic E-state index is 12.7. The second-order valence-electron chi connectivity index (χ2n) is 7.62. The molecule has 0 atom stereocenters. The number of nitrogens with one attached hydrogen (secondary N) is 1. The number of likely N-dealkylation sites (N-methyl/N-ethyl adjacent to an activating group) is 2. The fraction of sp³-hybridized carbons (Fsp3) is 0.480.